The average molecular weight is 306 g/mol. The van der Waals surface area contributed by atoms with Crippen LogP contribution in [-0.4, -0.2) is 21.7 Å². The zero-order valence-corrected chi connectivity index (χ0v) is 14.2. The molecule has 3 rings (SSSR count). The quantitative estimate of drug-likeness (QED) is 0.896. The first-order valence-electron chi connectivity index (χ1n) is 7.11. The minimum absolute atomic E-state index is 0.0725. The van der Waals surface area contributed by atoms with Crippen LogP contribution in [0.5, 0.6) is 0 Å². The summed E-state index contributed by atoms with van der Waals surface area (Å²) < 4.78 is 1.79. The third kappa shape index (κ3) is 1.75. The highest BCUT2D eigenvalue weighted by Crippen LogP contribution is 2.62. The summed E-state index contributed by atoms with van der Waals surface area (Å²) in [7, 11) is 1.88. The molecule has 0 aromatic carbocycles. The number of thiophene rings is 1. The number of carbonyl (C=O) groups excluding carboxylic acids is 1. The summed E-state index contributed by atoms with van der Waals surface area (Å²) in [5.74, 6) is -0.0725. The molecule has 0 saturated heterocycles. The van der Waals surface area contributed by atoms with Gasteiger partial charge in [-0.15, -0.1) is 11.3 Å². The van der Waals surface area contributed by atoms with Crippen molar-refractivity contribution in [3.63, 3.8) is 0 Å². The summed E-state index contributed by atoms with van der Waals surface area (Å²) in [5, 5.41) is 8.39. The van der Waals surface area contributed by atoms with E-state index in [-0.39, 0.29) is 22.8 Å². The number of amides is 1. The van der Waals surface area contributed by atoms with Crippen molar-refractivity contribution in [3.8, 4) is 0 Å². The molecule has 6 heteroatoms. The topological polar surface area (TPSA) is 72.9 Å². The lowest BCUT2D eigenvalue weighted by molar-refractivity contribution is 0.0948. The van der Waals surface area contributed by atoms with Crippen LogP contribution in [0.1, 0.15) is 43.1 Å². The number of rotatable bonds is 2. The lowest BCUT2D eigenvalue weighted by Gasteiger charge is -2.06. The van der Waals surface area contributed by atoms with Crippen LogP contribution in [0.4, 0.5) is 5.69 Å². The highest BCUT2D eigenvalue weighted by atomic mass is 32.1. The van der Waals surface area contributed by atoms with Crippen molar-refractivity contribution in [2.24, 2.45) is 17.9 Å². The van der Waals surface area contributed by atoms with Gasteiger partial charge < -0.3 is 11.1 Å². The molecule has 0 aliphatic heterocycles. The molecule has 1 saturated carbocycles. The van der Waals surface area contributed by atoms with Gasteiger partial charge in [0.2, 0.25) is 0 Å². The van der Waals surface area contributed by atoms with E-state index < -0.39 is 0 Å². The molecular weight excluding hydrogens is 284 g/mol. The fraction of sp³-hybridized carbons (Fsp3) is 0.600. The van der Waals surface area contributed by atoms with Gasteiger partial charge in [0.15, 0.2) is 0 Å². The fourth-order valence-electron chi connectivity index (χ4n) is 3.25. The van der Waals surface area contributed by atoms with Crippen LogP contribution in [0, 0.1) is 17.8 Å². The first kappa shape index (κ1) is 14.4. The highest BCUT2D eigenvalue weighted by Gasteiger charge is 2.65. The zero-order valence-electron chi connectivity index (χ0n) is 13.4. The Morgan fingerprint density at radius 3 is 2.38 bits per heavy atom. The molecule has 0 bridgehead atoms. The molecule has 1 amide bonds. The van der Waals surface area contributed by atoms with E-state index in [4.69, 9.17) is 5.73 Å². The van der Waals surface area contributed by atoms with Gasteiger partial charge in [0.05, 0.1) is 16.8 Å². The fourth-order valence-corrected chi connectivity index (χ4v) is 4.34. The number of nitrogen functional groups attached to an aromatic ring is 1. The van der Waals surface area contributed by atoms with Gasteiger partial charge in [-0.1, -0.05) is 27.7 Å². The molecule has 2 aromatic rings. The maximum Gasteiger partial charge on any atom is 0.263 e. The number of anilines is 1. The molecule has 2 aromatic heterocycles. The predicted molar refractivity (Wildman–Crippen MR) is 86.6 cm³/mol. The Hall–Kier alpha value is -1.56. The van der Waals surface area contributed by atoms with Crippen LogP contribution in [0.25, 0.3) is 10.2 Å². The largest absolute Gasteiger partial charge is 0.397 e. The number of carbonyl (C=O) groups is 1. The summed E-state index contributed by atoms with van der Waals surface area (Å²) in [4.78, 5) is 14.1. The number of hydrogen-bond acceptors (Lipinski definition) is 4. The van der Waals surface area contributed by atoms with Crippen LogP contribution in [-0.2, 0) is 7.05 Å². The summed E-state index contributed by atoms with van der Waals surface area (Å²) in [6.45, 7) is 10.6. The monoisotopic (exact) mass is 306 g/mol. The molecule has 3 N–H and O–H groups in total. The second-order valence-corrected chi connectivity index (χ2v) is 8.08. The van der Waals surface area contributed by atoms with Crippen LogP contribution in [0.15, 0.2) is 0 Å². The third-order valence-corrected chi connectivity index (χ3v) is 6.66. The van der Waals surface area contributed by atoms with Crippen molar-refractivity contribution < 1.29 is 4.79 Å². The molecule has 1 fully saturated rings. The smallest absolute Gasteiger partial charge is 0.263 e. The summed E-state index contributed by atoms with van der Waals surface area (Å²) in [6, 6.07) is 0.182. The van der Waals surface area contributed by atoms with Crippen LogP contribution < -0.4 is 11.1 Å². The Balaban J connectivity index is 1.93. The van der Waals surface area contributed by atoms with Gasteiger partial charge in [-0.3, -0.25) is 9.48 Å². The molecule has 2 heterocycles. The number of hydrogen-bond donors (Lipinski definition) is 2. The zero-order chi connectivity index (χ0) is 15.7. The van der Waals surface area contributed by atoms with E-state index in [1.54, 1.807) is 4.68 Å². The molecule has 1 aliphatic rings. The maximum absolute atomic E-state index is 12.6. The molecule has 0 radical (unpaired) electrons. The van der Waals surface area contributed by atoms with E-state index in [0.717, 1.165) is 15.9 Å². The van der Waals surface area contributed by atoms with Gasteiger partial charge in [0, 0.05) is 13.1 Å². The van der Waals surface area contributed by atoms with Gasteiger partial charge in [0.25, 0.3) is 5.91 Å². The summed E-state index contributed by atoms with van der Waals surface area (Å²) in [5.41, 5.74) is 7.83. The number of aromatic nitrogens is 2. The Morgan fingerprint density at radius 1 is 1.33 bits per heavy atom. The van der Waals surface area contributed by atoms with Gasteiger partial charge in [0.1, 0.15) is 9.71 Å². The van der Waals surface area contributed by atoms with Gasteiger partial charge in [-0.2, -0.15) is 5.10 Å². The number of nitrogens with two attached hydrogens (primary N) is 1. The maximum atomic E-state index is 12.6. The SMILES string of the molecule is Cc1nn(C)c2sc(C(=O)NC3C(C)(C)C3(C)C)c(N)c12. The van der Waals surface area contributed by atoms with Gasteiger partial charge >= 0.3 is 0 Å². The lowest BCUT2D eigenvalue weighted by atomic mass is 10.0. The number of nitrogens with zero attached hydrogens (tertiary/aromatic N) is 2. The van der Waals surface area contributed by atoms with Crippen LogP contribution in [0.2, 0.25) is 0 Å². The van der Waals surface area contributed by atoms with Crippen molar-refractivity contribution >= 4 is 33.1 Å². The molecule has 5 nitrogen and oxygen atoms in total. The highest BCUT2D eigenvalue weighted by molar-refractivity contribution is 7.21. The van der Waals surface area contributed by atoms with Crippen LogP contribution in [0.3, 0.4) is 0 Å². The van der Waals surface area contributed by atoms with Gasteiger partial charge in [-0.05, 0) is 17.8 Å². The van der Waals surface area contributed by atoms with Gasteiger partial charge in [-0.25, -0.2) is 0 Å². The molecule has 0 spiro atoms. The molecule has 21 heavy (non-hydrogen) atoms. The Morgan fingerprint density at radius 2 is 1.90 bits per heavy atom. The van der Waals surface area contributed by atoms with E-state index in [9.17, 15) is 4.79 Å². The van der Waals surface area contributed by atoms with E-state index in [1.807, 2.05) is 14.0 Å². The minimum Gasteiger partial charge on any atom is -0.397 e. The standard InChI is InChI=1S/C15H22N4OS/c1-7-8-9(16)10(21-12(8)19(6)18-7)11(20)17-13-14(2,3)15(13,4)5/h13H,16H2,1-6H3,(H,17,20). The predicted octanol–water partition coefficient (Wildman–Crippen LogP) is 2.69. The molecular formula is C15H22N4OS. The van der Waals surface area contributed by atoms with Crippen molar-refractivity contribution in [1.82, 2.24) is 15.1 Å². The second-order valence-electron chi connectivity index (χ2n) is 7.08. The van der Waals surface area contributed by atoms with Crippen molar-refractivity contribution in [1.29, 1.82) is 0 Å². The van der Waals surface area contributed by atoms with Crippen molar-refractivity contribution in [3.05, 3.63) is 10.6 Å². The normalized spacial score (nSPS) is 19.9. The summed E-state index contributed by atoms with van der Waals surface area (Å²) in [6.07, 6.45) is 0. The number of fused-ring (bicyclic) bond motifs is 1. The first-order chi connectivity index (χ1) is 9.59. The first-order valence-corrected chi connectivity index (χ1v) is 7.93. The van der Waals surface area contributed by atoms with Crippen LogP contribution >= 0.6 is 11.3 Å². The number of aryl methyl sites for hydroxylation is 2. The van der Waals surface area contributed by atoms with E-state index in [1.165, 1.54) is 11.3 Å². The average Bonchev–Trinajstić information content (AvgIpc) is 2.73. The van der Waals surface area contributed by atoms with E-state index >= 15 is 0 Å². The molecule has 0 unspecified atom stereocenters. The molecule has 1 aliphatic carbocycles. The Labute approximate surface area is 128 Å². The lowest BCUT2D eigenvalue weighted by Crippen LogP contribution is -2.29. The number of nitrogens with one attached hydrogen (secondary N) is 1. The second kappa shape index (κ2) is 4.00. The Kier molecular flexibility index (Phi) is 2.74. The minimum atomic E-state index is -0.0725. The van der Waals surface area contributed by atoms with E-state index in [0.29, 0.717) is 10.6 Å². The Bertz CT molecular complexity index is 739. The molecule has 0 atom stereocenters. The summed E-state index contributed by atoms with van der Waals surface area (Å²) >= 11 is 1.41. The third-order valence-electron chi connectivity index (χ3n) is 5.38. The van der Waals surface area contributed by atoms with E-state index in [2.05, 4.69) is 38.1 Å². The van der Waals surface area contributed by atoms with Crippen molar-refractivity contribution in [2.45, 2.75) is 40.7 Å². The molecule has 114 valence electrons. The van der Waals surface area contributed by atoms with Crippen molar-refractivity contribution in [2.75, 3.05) is 5.73 Å².